The molecule has 0 unspecified atom stereocenters. The smallest absolute Gasteiger partial charge is 0.435 e. The molecule has 0 fully saturated rings. The van der Waals surface area contributed by atoms with Crippen LogP contribution in [0.15, 0.2) is 30.3 Å². The third kappa shape index (κ3) is 3.27. The van der Waals surface area contributed by atoms with Gasteiger partial charge in [-0.05, 0) is 12.1 Å². The Kier molecular flexibility index (Phi) is 3.93. The lowest BCUT2D eigenvalue weighted by Crippen LogP contribution is -2.11. The van der Waals surface area contributed by atoms with Gasteiger partial charge < -0.3 is 9.84 Å². The van der Waals surface area contributed by atoms with Gasteiger partial charge in [-0.3, -0.25) is 0 Å². The molecule has 0 spiro atoms. The highest BCUT2D eigenvalue weighted by molar-refractivity contribution is 7.13. The highest BCUT2D eigenvalue weighted by Gasteiger charge is 2.39. The lowest BCUT2D eigenvalue weighted by atomic mass is 10.3. The van der Waals surface area contributed by atoms with Gasteiger partial charge in [-0.25, -0.2) is 9.78 Å². The highest BCUT2D eigenvalue weighted by Crippen LogP contribution is 2.34. The SMILES string of the molecule is O=C(O)c1sc(COc2ccccc2)nc1C(F)(F)F. The first kappa shape index (κ1) is 14.3. The molecule has 0 aliphatic heterocycles. The largest absolute Gasteiger partial charge is 0.486 e. The molecule has 106 valence electrons. The Morgan fingerprint density at radius 3 is 2.45 bits per heavy atom. The van der Waals surface area contributed by atoms with Crippen molar-refractivity contribution < 1.29 is 27.8 Å². The highest BCUT2D eigenvalue weighted by atomic mass is 32.1. The molecule has 2 rings (SSSR count). The Morgan fingerprint density at radius 1 is 1.30 bits per heavy atom. The predicted molar refractivity (Wildman–Crippen MR) is 64.8 cm³/mol. The van der Waals surface area contributed by atoms with Gasteiger partial charge in [-0.1, -0.05) is 18.2 Å². The van der Waals surface area contributed by atoms with Gasteiger partial charge in [-0.2, -0.15) is 13.2 Å². The molecule has 1 aromatic heterocycles. The maximum Gasteiger partial charge on any atom is 0.435 e. The second-order valence-electron chi connectivity index (χ2n) is 3.69. The number of halogens is 3. The maximum atomic E-state index is 12.6. The fourth-order valence-electron chi connectivity index (χ4n) is 1.43. The summed E-state index contributed by atoms with van der Waals surface area (Å²) in [6.45, 7) is -0.217. The van der Waals surface area contributed by atoms with Gasteiger partial charge in [0.25, 0.3) is 0 Å². The van der Waals surface area contributed by atoms with E-state index in [1.807, 2.05) is 0 Å². The Balaban J connectivity index is 2.19. The van der Waals surface area contributed by atoms with Gasteiger partial charge in [0.15, 0.2) is 5.69 Å². The number of thiazole rings is 1. The van der Waals surface area contributed by atoms with Crippen LogP contribution in [0.5, 0.6) is 5.75 Å². The van der Waals surface area contributed by atoms with Crippen LogP contribution in [-0.4, -0.2) is 16.1 Å². The third-order valence-electron chi connectivity index (χ3n) is 2.24. The van der Waals surface area contributed by atoms with Crippen molar-refractivity contribution in [3.8, 4) is 5.75 Å². The van der Waals surface area contributed by atoms with E-state index < -0.39 is 22.7 Å². The van der Waals surface area contributed by atoms with E-state index in [-0.39, 0.29) is 11.6 Å². The summed E-state index contributed by atoms with van der Waals surface area (Å²) in [4.78, 5) is 13.3. The maximum absolute atomic E-state index is 12.6. The van der Waals surface area contributed by atoms with Crippen molar-refractivity contribution in [2.75, 3.05) is 0 Å². The summed E-state index contributed by atoms with van der Waals surface area (Å²) in [5.41, 5.74) is -1.39. The molecule has 0 aliphatic carbocycles. The number of nitrogens with zero attached hydrogens (tertiary/aromatic N) is 1. The van der Waals surface area contributed by atoms with Crippen LogP contribution in [0.1, 0.15) is 20.4 Å². The molecule has 0 bridgehead atoms. The van der Waals surface area contributed by atoms with E-state index in [2.05, 4.69) is 4.98 Å². The summed E-state index contributed by atoms with van der Waals surface area (Å²) in [6, 6.07) is 8.45. The molecular weight excluding hydrogens is 295 g/mol. The number of benzene rings is 1. The average molecular weight is 303 g/mol. The summed E-state index contributed by atoms with van der Waals surface area (Å²) >= 11 is 0.458. The number of alkyl halides is 3. The number of aromatic nitrogens is 1. The Morgan fingerprint density at radius 2 is 1.95 bits per heavy atom. The van der Waals surface area contributed by atoms with E-state index in [1.54, 1.807) is 30.3 Å². The minimum Gasteiger partial charge on any atom is -0.486 e. The van der Waals surface area contributed by atoms with E-state index >= 15 is 0 Å². The molecule has 1 aromatic carbocycles. The molecule has 4 nitrogen and oxygen atoms in total. The van der Waals surface area contributed by atoms with Gasteiger partial charge in [-0.15, -0.1) is 11.3 Å². The van der Waals surface area contributed by atoms with Crippen molar-refractivity contribution in [3.05, 3.63) is 45.9 Å². The fourth-order valence-corrected chi connectivity index (χ4v) is 2.26. The number of ether oxygens (including phenoxy) is 1. The summed E-state index contributed by atoms with van der Waals surface area (Å²) in [7, 11) is 0. The number of carbonyl (C=O) groups is 1. The lowest BCUT2D eigenvalue weighted by molar-refractivity contribution is -0.141. The second kappa shape index (κ2) is 5.49. The normalized spacial score (nSPS) is 11.3. The molecule has 0 atom stereocenters. The lowest BCUT2D eigenvalue weighted by Gasteiger charge is -2.03. The standard InChI is InChI=1S/C12H8F3NO3S/c13-12(14,15)10-9(11(17)18)20-8(16-10)6-19-7-4-2-1-3-5-7/h1-5H,6H2,(H,17,18). The zero-order chi connectivity index (χ0) is 14.8. The topological polar surface area (TPSA) is 59.4 Å². The van der Waals surface area contributed by atoms with Crippen LogP contribution >= 0.6 is 11.3 Å². The molecule has 1 heterocycles. The van der Waals surface area contributed by atoms with Gasteiger partial charge >= 0.3 is 12.1 Å². The molecule has 0 saturated carbocycles. The molecule has 20 heavy (non-hydrogen) atoms. The van der Waals surface area contributed by atoms with Crippen LogP contribution in [0.25, 0.3) is 0 Å². The molecule has 0 aliphatic rings. The number of para-hydroxylation sites is 1. The van der Waals surface area contributed by atoms with Gasteiger partial charge in [0.05, 0.1) is 0 Å². The van der Waals surface area contributed by atoms with Crippen molar-refractivity contribution in [1.29, 1.82) is 0 Å². The molecular formula is C12H8F3NO3S. The Bertz CT molecular complexity index is 610. The fraction of sp³-hybridized carbons (Fsp3) is 0.167. The number of carboxylic acid groups (broad SMARTS) is 1. The number of hydrogen-bond acceptors (Lipinski definition) is 4. The van der Waals surface area contributed by atoms with E-state index in [9.17, 15) is 18.0 Å². The van der Waals surface area contributed by atoms with E-state index in [4.69, 9.17) is 9.84 Å². The Hall–Kier alpha value is -2.09. The quantitative estimate of drug-likeness (QED) is 0.940. The van der Waals surface area contributed by atoms with Crippen LogP contribution in [0, 0.1) is 0 Å². The van der Waals surface area contributed by atoms with Gasteiger partial charge in [0, 0.05) is 0 Å². The second-order valence-corrected chi connectivity index (χ2v) is 4.77. The average Bonchev–Trinajstić information content (AvgIpc) is 2.82. The molecule has 0 saturated heterocycles. The minimum absolute atomic E-state index is 0.0430. The van der Waals surface area contributed by atoms with Crippen molar-refractivity contribution in [3.63, 3.8) is 0 Å². The van der Waals surface area contributed by atoms with Gasteiger partial charge in [0.1, 0.15) is 22.2 Å². The van der Waals surface area contributed by atoms with Crippen LogP contribution in [0.2, 0.25) is 0 Å². The van der Waals surface area contributed by atoms with Crippen LogP contribution in [0.4, 0.5) is 13.2 Å². The number of rotatable bonds is 4. The first-order chi connectivity index (χ1) is 9.38. The van der Waals surface area contributed by atoms with Crippen molar-refractivity contribution in [1.82, 2.24) is 4.98 Å². The monoisotopic (exact) mass is 303 g/mol. The summed E-state index contributed by atoms with van der Waals surface area (Å²) in [5.74, 6) is -1.19. The minimum atomic E-state index is -4.80. The molecule has 0 amide bonds. The van der Waals surface area contributed by atoms with Crippen molar-refractivity contribution in [2.24, 2.45) is 0 Å². The summed E-state index contributed by atoms with van der Waals surface area (Å²) in [6.07, 6.45) is -4.80. The third-order valence-corrected chi connectivity index (χ3v) is 3.26. The molecule has 1 N–H and O–H groups in total. The number of carboxylic acids is 1. The summed E-state index contributed by atoms with van der Waals surface area (Å²) in [5, 5.41) is 8.71. The number of aromatic carboxylic acids is 1. The Labute approximate surface area is 115 Å². The van der Waals surface area contributed by atoms with Crippen molar-refractivity contribution >= 4 is 17.3 Å². The molecule has 8 heteroatoms. The van der Waals surface area contributed by atoms with E-state index in [0.717, 1.165) is 0 Å². The summed E-state index contributed by atoms with van der Waals surface area (Å²) < 4.78 is 43.1. The zero-order valence-electron chi connectivity index (χ0n) is 9.85. The van der Waals surface area contributed by atoms with Crippen LogP contribution in [0.3, 0.4) is 0 Å². The first-order valence-corrected chi connectivity index (χ1v) is 6.17. The van der Waals surface area contributed by atoms with E-state index in [1.165, 1.54) is 0 Å². The predicted octanol–water partition coefficient (Wildman–Crippen LogP) is 3.44. The molecule has 0 radical (unpaired) electrons. The number of hydrogen-bond donors (Lipinski definition) is 1. The van der Waals surface area contributed by atoms with Crippen LogP contribution < -0.4 is 4.74 Å². The first-order valence-electron chi connectivity index (χ1n) is 5.36. The molecule has 2 aromatic rings. The zero-order valence-corrected chi connectivity index (χ0v) is 10.7. The van der Waals surface area contributed by atoms with Crippen molar-refractivity contribution in [2.45, 2.75) is 12.8 Å². The van der Waals surface area contributed by atoms with Gasteiger partial charge in [0.2, 0.25) is 0 Å². The van der Waals surface area contributed by atoms with E-state index in [0.29, 0.717) is 17.1 Å². The van der Waals surface area contributed by atoms with Crippen LogP contribution in [-0.2, 0) is 12.8 Å².